The monoisotopic (exact) mass is 395 g/mol. The number of nitrogens with zero attached hydrogens (tertiary/aromatic N) is 2. The van der Waals surface area contributed by atoms with Crippen LogP contribution in [0.2, 0.25) is 10.3 Å². The van der Waals surface area contributed by atoms with E-state index in [0.29, 0.717) is 22.0 Å². The van der Waals surface area contributed by atoms with Crippen LogP contribution in [0.1, 0.15) is 13.8 Å². The van der Waals surface area contributed by atoms with Crippen molar-refractivity contribution in [3.05, 3.63) is 52.8 Å². The molecule has 0 aliphatic heterocycles. The van der Waals surface area contributed by atoms with Crippen LogP contribution < -0.4 is 5.32 Å². The highest BCUT2D eigenvalue weighted by atomic mass is 35.5. The minimum Gasteiger partial charge on any atom is -0.339 e. The van der Waals surface area contributed by atoms with Gasteiger partial charge in [-0.25, -0.2) is 13.4 Å². The summed E-state index contributed by atoms with van der Waals surface area (Å²) in [6.07, 6.45) is 0. The van der Waals surface area contributed by atoms with Crippen LogP contribution in [-0.4, -0.2) is 23.6 Å². The van der Waals surface area contributed by atoms with Crippen LogP contribution in [0.25, 0.3) is 10.9 Å². The first-order valence-electron chi connectivity index (χ1n) is 7.52. The highest BCUT2D eigenvalue weighted by Gasteiger charge is 2.24. The maximum Gasteiger partial charge on any atom is 0.224 e. The first-order chi connectivity index (χ1) is 11.8. The third kappa shape index (κ3) is 3.56. The Kier molecular flexibility index (Phi) is 4.86. The smallest absolute Gasteiger partial charge is 0.224 e. The molecule has 0 bridgehead atoms. The van der Waals surface area contributed by atoms with Crippen LogP contribution in [0, 0.1) is 0 Å². The SMILES string of the molecule is CC(C)S(=O)(=O)c1cc(Cl)ccc1Nc1nc(Cl)nc2ccccc12. The lowest BCUT2D eigenvalue weighted by Crippen LogP contribution is -2.15. The zero-order valence-corrected chi connectivity index (χ0v) is 15.8. The number of fused-ring (bicyclic) bond motifs is 1. The van der Waals surface area contributed by atoms with Gasteiger partial charge in [0.1, 0.15) is 5.82 Å². The van der Waals surface area contributed by atoms with E-state index in [1.54, 1.807) is 26.0 Å². The molecule has 0 spiro atoms. The lowest BCUT2D eigenvalue weighted by atomic mass is 10.2. The van der Waals surface area contributed by atoms with Gasteiger partial charge in [0.05, 0.1) is 21.3 Å². The molecule has 0 saturated carbocycles. The highest BCUT2D eigenvalue weighted by Crippen LogP contribution is 2.32. The van der Waals surface area contributed by atoms with Gasteiger partial charge in [-0.05, 0) is 55.8 Å². The molecule has 0 atom stereocenters. The summed E-state index contributed by atoms with van der Waals surface area (Å²) in [4.78, 5) is 8.49. The topological polar surface area (TPSA) is 72.0 Å². The molecule has 1 N–H and O–H groups in total. The van der Waals surface area contributed by atoms with Crippen molar-refractivity contribution >= 4 is 55.4 Å². The Hall–Kier alpha value is -1.89. The molecule has 3 rings (SSSR count). The predicted molar refractivity (Wildman–Crippen MR) is 102 cm³/mol. The Morgan fingerprint density at radius 2 is 1.76 bits per heavy atom. The second-order valence-corrected chi connectivity index (χ2v) is 8.96. The fourth-order valence-electron chi connectivity index (χ4n) is 2.36. The average Bonchev–Trinajstić information content (AvgIpc) is 2.56. The minimum atomic E-state index is -3.54. The van der Waals surface area contributed by atoms with Crippen molar-refractivity contribution in [2.75, 3.05) is 5.32 Å². The summed E-state index contributed by atoms with van der Waals surface area (Å²) >= 11 is 12.0. The number of anilines is 2. The Labute approximate surface area is 155 Å². The van der Waals surface area contributed by atoms with E-state index in [1.807, 2.05) is 24.3 Å². The molecule has 0 aliphatic rings. The van der Waals surface area contributed by atoms with Gasteiger partial charge in [-0.2, -0.15) is 4.98 Å². The van der Waals surface area contributed by atoms with Crippen LogP contribution in [-0.2, 0) is 9.84 Å². The number of nitrogens with one attached hydrogen (secondary N) is 1. The van der Waals surface area contributed by atoms with E-state index in [9.17, 15) is 8.42 Å². The maximum absolute atomic E-state index is 12.7. The number of halogens is 2. The van der Waals surface area contributed by atoms with Crippen molar-refractivity contribution in [3.8, 4) is 0 Å². The summed E-state index contributed by atoms with van der Waals surface area (Å²) in [7, 11) is -3.54. The average molecular weight is 396 g/mol. The highest BCUT2D eigenvalue weighted by molar-refractivity contribution is 7.92. The lowest BCUT2D eigenvalue weighted by molar-refractivity contribution is 0.588. The zero-order chi connectivity index (χ0) is 18.2. The fourth-order valence-corrected chi connectivity index (χ4v) is 4.00. The second-order valence-electron chi connectivity index (χ2n) is 5.72. The third-order valence-electron chi connectivity index (χ3n) is 3.70. The van der Waals surface area contributed by atoms with Crippen molar-refractivity contribution in [2.45, 2.75) is 24.0 Å². The van der Waals surface area contributed by atoms with Crippen molar-refractivity contribution in [2.24, 2.45) is 0 Å². The number of sulfone groups is 1. The molecule has 0 radical (unpaired) electrons. The quantitative estimate of drug-likeness (QED) is 0.638. The molecule has 8 heteroatoms. The maximum atomic E-state index is 12.7. The minimum absolute atomic E-state index is 0.0726. The van der Waals surface area contributed by atoms with Gasteiger partial charge in [-0.1, -0.05) is 23.7 Å². The van der Waals surface area contributed by atoms with Crippen LogP contribution in [0.4, 0.5) is 11.5 Å². The number of para-hydroxylation sites is 1. The molecule has 130 valence electrons. The predicted octanol–water partition coefficient (Wildman–Crippen LogP) is 4.86. The summed E-state index contributed by atoms with van der Waals surface area (Å²) in [5.41, 5.74) is 1.05. The van der Waals surface area contributed by atoms with Crippen LogP contribution >= 0.6 is 23.2 Å². The van der Waals surface area contributed by atoms with Crippen molar-refractivity contribution in [1.29, 1.82) is 0 Å². The summed E-state index contributed by atoms with van der Waals surface area (Å²) in [5, 5.41) is 3.63. The molecule has 0 amide bonds. The van der Waals surface area contributed by atoms with Crippen molar-refractivity contribution in [1.82, 2.24) is 9.97 Å². The van der Waals surface area contributed by atoms with E-state index in [-0.39, 0.29) is 10.2 Å². The number of hydrogen-bond donors (Lipinski definition) is 1. The Morgan fingerprint density at radius 3 is 2.48 bits per heavy atom. The first-order valence-corrected chi connectivity index (χ1v) is 9.82. The van der Waals surface area contributed by atoms with E-state index < -0.39 is 15.1 Å². The lowest BCUT2D eigenvalue weighted by Gasteiger charge is -2.15. The normalized spacial score (nSPS) is 11.9. The molecule has 0 unspecified atom stereocenters. The Morgan fingerprint density at radius 1 is 1.04 bits per heavy atom. The van der Waals surface area contributed by atoms with E-state index >= 15 is 0 Å². The number of hydrogen-bond acceptors (Lipinski definition) is 5. The van der Waals surface area contributed by atoms with Crippen molar-refractivity contribution < 1.29 is 8.42 Å². The van der Waals surface area contributed by atoms with Crippen LogP contribution in [0.3, 0.4) is 0 Å². The van der Waals surface area contributed by atoms with Crippen LogP contribution in [0.15, 0.2) is 47.4 Å². The molecule has 2 aromatic carbocycles. The molecule has 25 heavy (non-hydrogen) atoms. The van der Waals surface area contributed by atoms with E-state index in [2.05, 4.69) is 15.3 Å². The summed E-state index contributed by atoms with van der Waals surface area (Å²) in [6, 6.07) is 12.0. The standard InChI is InChI=1S/C17H15Cl2N3O2S/c1-10(2)25(23,24)15-9-11(18)7-8-14(15)20-16-12-5-3-4-6-13(12)21-17(19)22-16/h3-10H,1-2H3,(H,20,21,22). The van der Waals surface area contributed by atoms with Gasteiger partial charge in [0.2, 0.25) is 5.28 Å². The van der Waals surface area contributed by atoms with Gasteiger partial charge < -0.3 is 5.32 Å². The summed E-state index contributed by atoms with van der Waals surface area (Å²) in [6.45, 7) is 3.24. The molecular formula is C17H15Cl2N3O2S. The van der Waals surface area contributed by atoms with E-state index in [1.165, 1.54) is 6.07 Å². The number of aromatic nitrogens is 2. The largest absolute Gasteiger partial charge is 0.339 e. The van der Waals surface area contributed by atoms with Crippen molar-refractivity contribution in [3.63, 3.8) is 0 Å². The number of benzene rings is 2. The summed E-state index contributed by atoms with van der Waals surface area (Å²) < 4.78 is 25.3. The molecule has 0 saturated heterocycles. The van der Waals surface area contributed by atoms with Crippen LogP contribution in [0.5, 0.6) is 0 Å². The molecule has 3 aromatic rings. The molecule has 0 fully saturated rings. The van der Waals surface area contributed by atoms with Gasteiger partial charge in [0, 0.05) is 10.4 Å². The zero-order valence-electron chi connectivity index (χ0n) is 13.5. The molecule has 1 aromatic heterocycles. The second kappa shape index (κ2) is 6.78. The fraction of sp³-hybridized carbons (Fsp3) is 0.176. The van der Waals surface area contributed by atoms with Gasteiger partial charge in [-0.3, -0.25) is 0 Å². The third-order valence-corrected chi connectivity index (χ3v) is 6.30. The van der Waals surface area contributed by atoms with Gasteiger partial charge in [0.15, 0.2) is 9.84 Å². The molecule has 5 nitrogen and oxygen atoms in total. The molecular weight excluding hydrogens is 381 g/mol. The van der Waals surface area contributed by atoms with E-state index in [0.717, 1.165) is 5.39 Å². The number of rotatable bonds is 4. The Bertz CT molecular complexity index is 1050. The molecule has 1 heterocycles. The van der Waals surface area contributed by atoms with Gasteiger partial charge >= 0.3 is 0 Å². The first kappa shape index (κ1) is 17.9. The Balaban J connectivity index is 2.17. The van der Waals surface area contributed by atoms with E-state index in [4.69, 9.17) is 23.2 Å². The van der Waals surface area contributed by atoms with Gasteiger partial charge in [-0.15, -0.1) is 0 Å². The van der Waals surface area contributed by atoms with Gasteiger partial charge in [0.25, 0.3) is 0 Å². The summed E-state index contributed by atoms with van der Waals surface area (Å²) in [5.74, 6) is 0.429. The molecule has 0 aliphatic carbocycles.